The van der Waals surface area contributed by atoms with Crippen LogP contribution in [0.25, 0.3) is 49.7 Å². The van der Waals surface area contributed by atoms with E-state index in [1.807, 2.05) is 0 Å². The van der Waals surface area contributed by atoms with Crippen molar-refractivity contribution in [2.45, 2.75) is 73.1 Å². The van der Waals surface area contributed by atoms with E-state index in [9.17, 15) is 0 Å². The Kier molecular flexibility index (Phi) is 9.00. The normalized spacial score (nSPS) is 12.5. The first-order chi connectivity index (χ1) is 27.1. The summed E-state index contributed by atoms with van der Waals surface area (Å²) >= 11 is 0. The monoisotopic (exact) mass is 727 g/mol. The molecule has 0 bridgehead atoms. The molecule has 0 saturated heterocycles. The molecule has 0 atom stereocenters. The molecular weight excluding hydrogens is 677 g/mol. The number of nitrogens with zero attached hydrogens (tertiary/aromatic N) is 1. The lowest BCUT2D eigenvalue weighted by Gasteiger charge is -2.32. The molecule has 1 aliphatic rings. The number of aryl methyl sites for hydroxylation is 2. The minimum atomic E-state index is 0.0588. The highest BCUT2D eigenvalue weighted by atomic mass is 16.5. The molecule has 0 fully saturated rings. The van der Waals surface area contributed by atoms with Crippen molar-refractivity contribution in [2.24, 2.45) is 0 Å². The average Bonchev–Trinajstić information content (AvgIpc) is 3.55. The van der Waals surface area contributed by atoms with Crippen LogP contribution < -0.4 is 21.1 Å². The summed E-state index contributed by atoms with van der Waals surface area (Å²) in [6, 6.07) is 51.7. The zero-order chi connectivity index (χ0) is 38.8. The van der Waals surface area contributed by atoms with Crippen LogP contribution in [-0.2, 0) is 0 Å². The SMILES string of the molecule is Cc1cc(-c2ccccc2)cc2c3cc(-c4ccccc4)cc(C)c3n(-c3ccc4c(c3)Oc3ccccc3B4c3c(C(C)C)cc(C(C)C)cc3C(C)C)c12. The summed E-state index contributed by atoms with van der Waals surface area (Å²) in [6.07, 6.45) is 0. The molecule has 9 rings (SSSR count). The van der Waals surface area contributed by atoms with Gasteiger partial charge in [-0.1, -0.05) is 144 Å². The van der Waals surface area contributed by atoms with Crippen LogP contribution in [-0.4, -0.2) is 11.3 Å². The van der Waals surface area contributed by atoms with E-state index < -0.39 is 0 Å². The fourth-order valence-electron chi connectivity index (χ4n) is 9.27. The quantitative estimate of drug-likeness (QED) is 0.149. The van der Waals surface area contributed by atoms with Gasteiger partial charge in [-0.25, -0.2) is 0 Å². The zero-order valence-corrected chi connectivity index (χ0v) is 33.9. The second-order valence-corrected chi connectivity index (χ2v) is 16.8. The van der Waals surface area contributed by atoms with Gasteiger partial charge in [-0.2, -0.15) is 0 Å². The van der Waals surface area contributed by atoms with E-state index in [1.54, 1.807) is 0 Å². The van der Waals surface area contributed by atoms with E-state index in [0.29, 0.717) is 17.8 Å². The standard InChI is InChI=1S/C53H50BNO/c1-32(2)39-27-43(33(3)4)51(44(28-39)34(5)6)54-47-21-15-16-22-49(47)56-50-31-42(23-24-48(50)54)55-52-35(7)25-40(37-17-11-9-12-18-37)29-45(52)46-30-41(26-36(8)53(46)55)38-19-13-10-14-20-38/h9-34H,1-8H3. The summed E-state index contributed by atoms with van der Waals surface area (Å²) in [5.74, 6) is 3.08. The number of para-hydroxylation sites is 1. The molecule has 8 aromatic rings. The topological polar surface area (TPSA) is 14.2 Å². The van der Waals surface area contributed by atoms with Crippen molar-refractivity contribution in [3.05, 3.63) is 167 Å². The molecule has 0 radical (unpaired) electrons. The molecule has 2 heterocycles. The van der Waals surface area contributed by atoms with Crippen molar-refractivity contribution in [3.8, 4) is 39.4 Å². The van der Waals surface area contributed by atoms with E-state index in [4.69, 9.17) is 4.74 Å². The Morgan fingerprint density at radius 3 is 1.48 bits per heavy atom. The van der Waals surface area contributed by atoms with Gasteiger partial charge in [0.05, 0.1) is 11.0 Å². The molecule has 3 heteroatoms. The molecule has 0 unspecified atom stereocenters. The zero-order valence-electron chi connectivity index (χ0n) is 33.9. The molecule has 0 aliphatic carbocycles. The maximum Gasteiger partial charge on any atom is 0.251 e. The van der Waals surface area contributed by atoms with Crippen LogP contribution in [0.2, 0.25) is 0 Å². The first-order valence-corrected chi connectivity index (χ1v) is 20.4. The third kappa shape index (κ3) is 5.96. The summed E-state index contributed by atoms with van der Waals surface area (Å²) in [5, 5.41) is 2.52. The largest absolute Gasteiger partial charge is 0.458 e. The second kappa shape index (κ2) is 14.1. The Hall–Kier alpha value is -5.80. The second-order valence-electron chi connectivity index (χ2n) is 16.8. The highest BCUT2D eigenvalue weighted by molar-refractivity contribution is 6.97. The predicted octanol–water partition coefficient (Wildman–Crippen LogP) is 12.7. The highest BCUT2D eigenvalue weighted by Gasteiger charge is 2.37. The van der Waals surface area contributed by atoms with Crippen LogP contribution in [0.1, 0.15) is 87.1 Å². The molecule has 1 aliphatic heterocycles. The van der Waals surface area contributed by atoms with Gasteiger partial charge in [0.1, 0.15) is 11.5 Å². The van der Waals surface area contributed by atoms with Gasteiger partial charge in [-0.3, -0.25) is 0 Å². The van der Waals surface area contributed by atoms with Gasteiger partial charge in [-0.15, -0.1) is 0 Å². The number of aromatic nitrogens is 1. The number of benzene rings is 7. The van der Waals surface area contributed by atoms with Crippen molar-refractivity contribution >= 4 is 44.9 Å². The van der Waals surface area contributed by atoms with Crippen LogP contribution in [0.5, 0.6) is 11.5 Å². The summed E-state index contributed by atoms with van der Waals surface area (Å²) in [5.41, 5.74) is 19.2. The van der Waals surface area contributed by atoms with Gasteiger partial charge in [0.15, 0.2) is 0 Å². The van der Waals surface area contributed by atoms with Crippen LogP contribution in [0.3, 0.4) is 0 Å². The lowest BCUT2D eigenvalue weighted by atomic mass is 9.34. The number of hydrogen-bond donors (Lipinski definition) is 0. The van der Waals surface area contributed by atoms with Crippen LogP contribution in [0.4, 0.5) is 0 Å². The molecule has 0 spiro atoms. The van der Waals surface area contributed by atoms with Crippen molar-refractivity contribution in [1.29, 1.82) is 0 Å². The lowest BCUT2D eigenvalue weighted by molar-refractivity contribution is 0.487. The minimum absolute atomic E-state index is 0.0588. The van der Waals surface area contributed by atoms with Gasteiger partial charge in [0, 0.05) is 22.5 Å². The van der Waals surface area contributed by atoms with E-state index in [2.05, 4.69) is 199 Å². The highest BCUT2D eigenvalue weighted by Crippen LogP contribution is 2.41. The minimum Gasteiger partial charge on any atom is -0.458 e. The Balaban J connectivity index is 1.31. The van der Waals surface area contributed by atoms with E-state index in [0.717, 1.165) is 17.2 Å². The molecule has 56 heavy (non-hydrogen) atoms. The summed E-state index contributed by atoms with van der Waals surface area (Å²) in [6.45, 7) is 18.6. The maximum atomic E-state index is 6.96. The fraction of sp³-hybridized carbons (Fsp3) is 0.208. The van der Waals surface area contributed by atoms with Crippen molar-refractivity contribution in [2.75, 3.05) is 0 Å². The van der Waals surface area contributed by atoms with Crippen LogP contribution in [0.15, 0.2) is 140 Å². The maximum absolute atomic E-state index is 6.96. The fourth-order valence-corrected chi connectivity index (χ4v) is 9.27. The average molecular weight is 728 g/mol. The van der Waals surface area contributed by atoms with E-state index in [-0.39, 0.29) is 6.71 Å². The van der Waals surface area contributed by atoms with E-state index >= 15 is 0 Å². The first-order valence-electron chi connectivity index (χ1n) is 20.4. The number of ether oxygens (including phenoxy) is 1. The Morgan fingerprint density at radius 1 is 0.464 bits per heavy atom. The molecule has 2 nitrogen and oxygen atoms in total. The summed E-state index contributed by atoms with van der Waals surface area (Å²) < 4.78 is 9.45. The third-order valence-electron chi connectivity index (χ3n) is 12.0. The molecule has 7 aromatic carbocycles. The number of rotatable bonds is 7. The molecule has 1 aromatic heterocycles. The van der Waals surface area contributed by atoms with E-state index in [1.165, 1.54) is 88.3 Å². The molecule has 0 N–H and O–H groups in total. The summed E-state index contributed by atoms with van der Waals surface area (Å²) in [4.78, 5) is 0. The van der Waals surface area contributed by atoms with Crippen LogP contribution in [0, 0.1) is 13.8 Å². The van der Waals surface area contributed by atoms with Crippen LogP contribution >= 0.6 is 0 Å². The van der Waals surface area contributed by atoms with Crippen molar-refractivity contribution in [1.82, 2.24) is 4.57 Å². The van der Waals surface area contributed by atoms with Crippen molar-refractivity contribution in [3.63, 3.8) is 0 Å². The Bertz CT molecular complexity index is 2640. The van der Waals surface area contributed by atoms with Gasteiger partial charge in [0.2, 0.25) is 0 Å². The van der Waals surface area contributed by atoms with Gasteiger partial charge >= 0.3 is 0 Å². The number of hydrogen-bond acceptors (Lipinski definition) is 1. The molecule has 276 valence electrons. The Labute approximate surface area is 332 Å². The van der Waals surface area contributed by atoms with Gasteiger partial charge < -0.3 is 9.30 Å². The predicted molar refractivity (Wildman–Crippen MR) is 241 cm³/mol. The number of fused-ring (bicyclic) bond motifs is 5. The Morgan fingerprint density at radius 2 is 0.964 bits per heavy atom. The van der Waals surface area contributed by atoms with Crippen molar-refractivity contribution < 1.29 is 4.74 Å². The lowest BCUT2D eigenvalue weighted by Crippen LogP contribution is -2.57. The molecule has 0 amide bonds. The first kappa shape index (κ1) is 35.9. The smallest absolute Gasteiger partial charge is 0.251 e. The molecular formula is C53H50BNO. The summed E-state index contributed by atoms with van der Waals surface area (Å²) in [7, 11) is 0. The van der Waals surface area contributed by atoms with Gasteiger partial charge in [-0.05, 0) is 129 Å². The van der Waals surface area contributed by atoms with Gasteiger partial charge in [0.25, 0.3) is 6.71 Å². The molecule has 0 saturated carbocycles. The third-order valence-corrected chi connectivity index (χ3v) is 12.0.